The van der Waals surface area contributed by atoms with Crippen LogP contribution in [0.25, 0.3) is 23.0 Å². The van der Waals surface area contributed by atoms with Crippen molar-refractivity contribution in [2.24, 2.45) is 0 Å². The fourth-order valence-electron chi connectivity index (χ4n) is 3.23. The third-order valence-electron chi connectivity index (χ3n) is 4.70. The lowest BCUT2D eigenvalue weighted by atomic mass is 10.1. The minimum Gasteiger partial charge on any atom is -0.385 e. The molecule has 7 heteroatoms. The Hall–Kier alpha value is -2.74. The zero-order chi connectivity index (χ0) is 20.9. The number of hydrogen-bond acceptors (Lipinski definition) is 5. The van der Waals surface area contributed by atoms with Crippen molar-refractivity contribution in [3.63, 3.8) is 0 Å². The summed E-state index contributed by atoms with van der Waals surface area (Å²) in [6.45, 7) is 1.16. The summed E-state index contributed by atoms with van der Waals surface area (Å²) in [5.74, 6) is -0.0624. The summed E-state index contributed by atoms with van der Waals surface area (Å²) in [4.78, 5) is 15.2. The third kappa shape index (κ3) is 4.38. The van der Waals surface area contributed by atoms with Crippen molar-refractivity contribution in [3.05, 3.63) is 77.3 Å². The van der Waals surface area contributed by atoms with Gasteiger partial charge in [-0.2, -0.15) is 5.10 Å². The number of rotatable bonds is 7. The minimum atomic E-state index is -0.0624. The number of hydrogen-bond donors (Lipinski definition) is 0. The first-order valence-electron chi connectivity index (χ1n) is 9.62. The number of thiocarbonyl (C=S) groups is 1. The van der Waals surface area contributed by atoms with E-state index < -0.39 is 0 Å². The molecule has 0 saturated carbocycles. The number of carbonyl (C=O) groups excluding carboxylic acids is 1. The molecule has 0 spiro atoms. The first-order valence-corrected chi connectivity index (χ1v) is 10.8. The molecular weight excluding hydrogens is 414 g/mol. The maximum atomic E-state index is 12.9. The van der Waals surface area contributed by atoms with E-state index in [0.717, 1.165) is 28.9 Å². The standard InChI is InChI=1S/C23H21N3O2S2/c1-28-14-8-13-25-22(27)20(30-23(25)29)15-18-16-26(19-11-6-3-7-12-19)24-21(18)17-9-4-2-5-10-17/h2-7,9-12,15-16H,8,13-14H2,1H3. The third-order valence-corrected chi connectivity index (χ3v) is 6.08. The van der Waals surface area contributed by atoms with Gasteiger partial charge < -0.3 is 4.74 Å². The maximum Gasteiger partial charge on any atom is 0.266 e. The molecule has 0 aliphatic carbocycles. The Kier molecular flexibility index (Phi) is 6.42. The smallest absolute Gasteiger partial charge is 0.266 e. The van der Waals surface area contributed by atoms with E-state index in [1.807, 2.05) is 77.6 Å². The number of thioether (sulfide) groups is 1. The van der Waals surface area contributed by atoms with E-state index in [1.54, 1.807) is 12.0 Å². The molecule has 30 heavy (non-hydrogen) atoms. The average molecular weight is 436 g/mol. The summed E-state index contributed by atoms with van der Waals surface area (Å²) < 4.78 is 7.51. The Morgan fingerprint density at radius 2 is 1.80 bits per heavy atom. The maximum absolute atomic E-state index is 12.9. The number of methoxy groups -OCH3 is 1. The molecule has 1 aliphatic heterocycles. The van der Waals surface area contributed by atoms with Crippen LogP contribution in [0, 0.1) is 0 Å². The quantitative estimate of drug-likeness (QED) is 0.304. The molecule has 4 rings (SSSR count). The van der Waals surface area contributed by atoms with Crippen LogP contribution in [0.15, 0.2) is 71.8 Å². The zero-order valence-electron chi connectivity index (χ0n) is 16.5. The molecule has 1 saturated heterocycles. The van der Waals surface area contributed by atoms with Gasteiger partial charge >= 0.3 is 0 Å². The SMILES string of the molecule is COCCCN1C(=O)C(=Cc2cn(-c3ccccc3)nc2-c2ccccc2)SC1=S. The summed E-state index contributed by atoms with van der Waals surface area (Å²) >= 11 is 6.77. The van der Waals surface area contributed by atoms with Crippen molar-refractivity contribution >= 4 is 40.3 Å². The molecule has 1 aliphatic rings. The Bertz CT molecular complexity index is 1080. The molecule has 5 nitrogen and oxygen atoms in total. The predicted octanol–water partition coefficient (Wildman–Crippen LogP) is 4.78. The topological polar surface area (TPSA) is 47.4 Å². The normalized spacial score (nSPS) is 15.4. The highest BCUT2D eigenvalue weighted by molar-refractivity contribution is 8.26. The molecule has 0 N–H and O–H groups in total. The van der Waals surface area contributed by atoms with Crippen LogP contribution in [0.4, 0.5) is 0 Å². The second-order valence-corrected chi connectivity index (χ2v) is 8.43. The van der Waals surface area contributed by atoms with Crippen molar-refractivity contribution in [1.29, 1.82) is 0 Å². The molecular formula is C23H21N3O2S2. The van der Waals surface area contributed by atoms with Crippen LogP contribution in [0.3, 0.4) is 0 Å². The molecule has 2 heterocycles. The number of para-hydroxylation sites is 1. The van der Waals surface area contributed by atoms with Gasteiger partial charge in [-0.15, -0.1) is 0 Å². The molecule has 1 amide bonds. The van der Waals surface area contributed by atoms with Crippen LogP contribution in [0.5, 0.6) is 0 Å². The zero-order valence-corrected chi connectivity index (χ0v) is 18.2. The lowest BCUT2D eigenvalue weighted by Gasteiger charge is -2.13. The van der Waals surface area contributed by atoms with E-state index in [4.69, 9.17) is 22.1 Å². The van der Waals surface area contributed by atoms with Crippen molar-refractivity contribution in [2.45, 2.75) is 6.42 Å². The Morgan fingerprint density at radius 1 is 1.10 bits per heavy atom. The highest BCUT2D eigenvalue weighted by atomic mass is 32.2. The molecule has 3 aromatic rings. The van der Waals surface area contributed by atoms with Gasteiger partial charge in [-0.3, -0.25) is 9.69 Å². The largest absolute Gasteiger partial charge is 0.385 e. The second-order valence-electron chi connectivity index (χ2n) is 6.76. The van der Waals surface area contributed by atoms with E-state index >= 15 is 0 Å². The van der Waals surface area contributed by atoms with Gasteiger partial charge in [0.1, 0.15) is 4.32 Å². The average Bonchev–Trinajstić information content (AvgIpc) is 3.31. The molecule has 0 bridgehead atoms. The summed E-state index contributed by atoms with van der Waals surface area (Å²) in [6, 6.07) is 19.9. The molecule has 152 valence electrons. The summed E-state index contributed by atoms with van der Waals surface area (Å²) in [5.41, 5.74) is 3.65. The summed E-state index contributed by atoms with van der Waals surface area (Å²) in [7, 11) is 1.65. The van der Waals surface area contributed by atoms with Gasteiger partial charge in [0.25, 0.3) is 5.91 Å². The van der Waals surface area contributed by atoms with Gasteiger partial charge in [0, 0.05) is 37.6 Å². The second kappa shape index (κ2) is 9.38. The lowest BCUT2D eigenvalue weighted by Crippen LogP contribution is -2.29. The highest BCUT2D eigenvalue weighted by Gasteiger charge is 2.32. The molecule has 1 fully saturated rings. The van der Waals surface area contributed by atoms with E-state index in [-0.39, 0.29) is 5.91 Å². The van der Waals surface area contributed by atoms with Crippen molar-refractivity contribution < 1.29 is 9.53 Å². The van der Waals surface area contributed by atoms with Gasteiger partial charge in [0.2, 0.25) is 0 Å². The van der Waals surface area contributed by atoms with E-state index in [0.29, 0.717) is 22.4 Å². The number of ether oxygens (including phenoxy) is 1. The van der Waals surface area contributed by atoms with Gasteiger partial charge in [0.15, 0.2) is 0 Å². The predicted molar refractivity (Wildman–Crippen MR) is 125 cm³/mol. The van der Waals surface area contributed by atoms with Crippen molar-refractivity contribution in [1.82, 2.24) is 14.7 Å². The molecule has 0 radical (unpaired) electrons. The van der Waals surface area contributed by atoms with Crippen LogP contribution in [-0.2, 0) is 9.53 Å². The van der Waals surface area contributed by atoms with E-state index in [9.17, 15) is 4.79 Å². The van der Waals surface area contributed by atoms with E-state index in [2.05, 4.69) is 0 Å². The highest BCUT2D eigenvalue weighted by Crippen LogP contribution is 2.34. The van der Waals surface area contributed by atoms with Crippen LogP contribution in [0.2, 0.25) is 0 Å². The van der Waals surface area contributed by atoms with Gasteiger partial charge in [-0.1, -0.05) is 72.5 Å². The van der Waals surface area contributed by atoms with Gasteiger partial charge in [0.05, 0.1) is 16.3 Å². The Morgan fingerprint density at radius 3 is 2.50 bits per heavy atom. The van der Waals surface area contributed by atoms with Crippen molar-refractivity contribution in [3.8, 4) is 16.9 Å². The molecule has 2 aromatic carbocycles. The summed E-state index contributed by atoms with van der Waals surface area (Å²) in [6.07, 6.45) is 4.59. The number of amides is 1. The van der Waals surface area contributed by atoms with Crippen LogP contribution in [0.1, 0.15) is 12.0 Å². The van der Waals surface area contributed by atoms with Crippen molar-refractivity contribution in [2.75, 3.05) is 20.3 Å². The van der Waals surface area contributed by atoms with Crippen LogP contribution >= 0.6 is 24.0 Å². The monoisotopic (exact) mass is 435 g/mol. The first-order chi connectivity index (χ1) is 14.7. The molecule has 0 atom stereocenters. The first kappa shape index (κ1) is 20.5. The number of aromatic nitrogens is 2. The fourth-order valence-corrected chi connectivity index (χ4v) is 4.53. The van der Waals surface area contributed by atoms with Gasteiger partial charge in [-0.05, 0) is 24.6 Å². The van der Waals surface area contributed by atoms with Crippen LogP contribution < -0.4 is 0 Å². The Balaban J connectivity index is 1.70. The number of benzene rings is 2. The summed E-state index contributed by atoms with van der Waals surface area (Å²) in [5, 5.41) is 4.81. The molecule has 0 unspecified atom stereocenters. The number of carbonyl (C=O) groups is 1. The van der Waals surface area contributed by atoms with Gasteiger partial charge in [-0.25, -0.2) is 4.68 Å². The minimum absolute atomic E-state index is 0.0624. The van der Waals surface area contributed by atoms with E-state index in [1.165, 1.54) is 11.8 Å². The molecule has 1 aromatic heterocycles. The van der Waals surface area contributed by atoms with Crippen LogP contribution in [-0.4, -0.2) is 45.2 Å². The fraction of sp³-hybridized carbons (Fsp3) is 0.174. The Labute approximate surface area is 185 Å². The lowest BCUT2D eigenvalue weighted by molar-refractivity contribution is -0.122. The number of nitrogens with zero attached hydrogens (tertiary/aromatic N) is 3.